The summed E-state index contributed by atoms with van der Waals surface area (Å²) in [5.41, 5.74) is -0.876. The standard InChI is InChI=1S/C14H18INO3/c1-2-5-10(15)13(19)14(8-3-4-9-14)16-11(17)6-7-12(16)18/h6-7,10H,2-5,8-9H2,1H3. The number of hydrogen-bond acceptors (Lipinski definition) is 3. The monoisotopic (exact) mass is 375 g/mol. The van der Waals surface area contributed by atoms with Crippen molar-refractivity contribution in [2.24, 2.45) is 0 Å². The number of rotatable bonds is 5. The molecule has 19 heavy (non-hydrogen) atoms. The van der Waals surface area contributed by atoms with Crippen LogP contribution < -0.4 is 0 Å². The zero-order chi connectivity index (χ0) is 14.0. The summed E-state index contributed by atoms with van der Waals surface area (Å²) in [6.45, 7) is 2.04. The lowest BCUT2D eigenvalue weighted by molar-refractivity contribution is -0.151. The fourth-order valence-electron chi connectivity index (χ4n) is 3.04. The summed E-state index contributed by atoms with van der Waals surface area (Å²) in [6.07, 6.45) is 7.31. The highest BCUT2D eigenvalue weighted by molar-refractivity contribution is 14.1. The molecule has 1 aliphatic carbocycles. The van der Waals surface area contributed by atoms with Crippen molar-refractivity contribution in [3.63, 3.8) is 0 Å². The smallest absolute Gasteiger partial charge is 0.254 e. The molecule has 104 valence electrons. The van der Waals surface area contributed by atoms with E-state index in [9.17, 15) is 14.4 Å². The van der Waals surface area contributed by atoms with Gasteiger partial charge in [0.25, 0.3) is 11.8 Å². The van der Waals surface area contributed by atoms with Gasteiger partial charge in [-0.3, -0.25) is 19.3 Å². The quantitative estimate of drug-likeness (QED) is 0.421. The maximum absolute atomic E-state index is 12.8. The maximum Gasteiger partial charge on any atom is 0.254 e. The molecule has 2 aliphatic rings. The van der Waals surface area contributed by atoms with E-state index in [2.05, 4.69) is 22.6 Å². The van der Waals surface area contributed by atoms with Crippen molar-refractivity contribution in [2.45, 2.75) is 54.9 Å². The van der Waals surface area contributed by atoms with Gasteiger partial charge >= 0.3 is 0 Å². The van der Waals surface area contributed by atoms with Crippen LogP contribution in [-0.2, 0) is 14.4 Å². The predicted molar refractivity (Wildman–Crippen MR) is 79.9 cm³/mol. The van der Waals surface area contributed by atoms with Gasteiger partial charge in [0.1, 0.15) is 5.54 Å². The SMILES string of the molecule is CCCC(I)C(=O)C1(N2C(=O)C=CC2=O)CCCC1. The van der Waals surface area contributed by atoms with E-state index >= 15 is 0 Å². The van der Waals surface area contributed by atoms with Gasteiger partial charge in [-0.05, 0) is 19.3 Å². The van der Waals surface area contributed by atoms with Crippen molar-refractivity contribution in [3.05, 3.63) is 12.2 Å². The van der Waals surface area contributed by atoms with Gasteiger partial charge in [-0.25, -0.2) is 0 Å². The van der Waals surface area contributed by atoms with Crippen LogP contribution in [0.3, 0.4) is 0 Å². The molecule has 0 spiro atoms. The fraction of sp³-hybridized carbons (Fsp3) is 0.643. The van der Waals surface area contributed by atoms with Gasteiger partial charge < -0.3 is 0 Å². The Hall–Kier alpha value is -0.720. The van der Waals surface area contributed by atoms with E-state index in [1.807, 2.05) is 6.92 Å². The Morgan fingerprint density at radius 2 is 1.84 bits per heavy atom. The minimum atomic E-state index is -0.876. The molecular formula is C14H18INO3. The van der Waals surface area contributed by atoms with Crippen LogP contribution in [0, 0.1) is 0 Å². The number of hydrogen-bond donors (Lipinski definition) is 0. The third-order valence-corrected chi connectivity index (χ3v) is 5.14. The van der Waals surface area contributed by atoms with Crippen LogP contribution in [0.2, 0.25) is 0 Å². The van der Waals surface area contributed by atoms with Crippen LogP contribution in [0.5, 0.6) is 0 Å². The normalized spacial score (nSPS) is 23.2. The Bertz CT molecular complexity index is 420. The molecule has 1 fully saturated rings. The van der Waals surface area contributed by atoms with Gasteiger partial charge in [-0.2, -0.15) is 0 Å². The first-order valence-corrected chi connectivity index (χ1v) is 8.02. The van der Waals surface area contributed by atoms with E-state index in [0.717, 1.165) is 25.7 Å². The summed E-state index contributed by atoms with van der Waals surface area (Å²) in [7, 11) is 0. The lowest BCUT2D eigenvalue weighted by Crippen LogP contribution is -2.57. The number of nitrogens with zero attached hydrogens (tertiary/aromatic N) is 1. The van der Waals surface area contributed by atoms with Crippen LogP contribution in [0.15, 0.2) is 12.2 Å². The number of ketones is 1. The molecule has 0 saturated heterocycles. The summed E-state index contributed by atoms with van der Waals surface area (Å²) in [5.74, 6) is -0.612. The van der Waals surface area contributed by atoms with Crippen LogP contribution in [-0.4, -0.2) is 32.0 Å². The second-order valence-corrected chi connectivity index (χ2v) is 6.71. The van der Waals surface area contributed by atoms with Crippen LogP contribution >= 0.6 is 22.6 Å². The van der Waals surface area contributed by atoms with E-state index in [1.165, 1.54) is 17.1 Å². The molecule has 0 bridgehead atoms. The van der Waals surface area contributed by atoms with Crippen LogP contribution in [0.1, 0.15) is 45.4 Å². The lowest BCUT2D eigenvalue weighted by Gasteiger charge is -2.37. The predicted octanol–water partition coefficient (Wildman–Crippen LogP) is 2.40. The van der Waals surface area contributed by atoms with Crippen molar-refractivity contribution >= 4 is 40.2 Å². The van der Waals surface area contributed by atoms with Crippen molar-refractivity contribution in [3.8, 4) is 0 Å². The van der Waals surface area contributed by atoms with Gasteiger partial charge in [-0.1, -0.05) is 48.8 Å². The molecule has 2 rings (SSSR count). The number of alkyl halides is 1. The third-order valence-electron chi connectivity index (χ3n) is 3.95. The number of imide groups is 1. The van der Waals surface area contributed by atoms with Crippen molar-refractivity contribution in [2.75, 3.05) is 0 Å². The zero-order valence-electron chi connectivity index (χ0n) is 11.0. The van der Waals surface area contributed by atoms with Gasteiger partial charge in [0.2, 0.25) is 0 Å². The van der Waals surface area contributed by atoms with Crippen molar-refractivity contribution in [1.29, 1.82) is 0 Å². The number of amides is 2. The fourth-order valence-corrected chi connectivity index (χ4v) is 4.24. The molecular weight excluding hydrogens is 357 g/mol. The Kier molecular flexibility index (Phi) is 4.43. The highest BCUT2D eigenvalue weighted by Gasteiger charge is 2.52. The minimum Gasteiger partial charge on any atom is -0.296 e. The van der Waals surface area contributed by atoms with Crippen LogP contribution in [0.25, 0.3) is 0 Å². The first-order chi connectivity index (χ1) is 9.03. The largest absolute Gasteiger partial charge is 0.296 e. The lowest BCUT2D eigenvalue weighted by atomic mass is 9.87. The molecule has 1 unspecified atom stereocenters. The molecule has 0 N–H and O–H groups in total. The third kappa shape index (κ3) is 2.49. The second kappa shape index (κ2) is 5.73. The summed E-state index contributed by atoms with van der Waals surface area (Å²) in [4.78, 5) is 37.8. The Morgan fingerprint density at radius 1 is 1.32 bits per heavy atom. The first-order valence-electron chi connectivity index (χ1n) is 6.77. The van der Waals surface area contributed by atoms with Gasteiger partial charge in [-0.15, -0.1) is 0 Å². The van der Waals surface area contributed by atoms with Gasteiger partial charge in [0, 0.05) is 12.2 Å². The number of carbonyl (C=O) groups is 3. The number of Topliss-reactive ketones (excluding diaryl/α,β-unsaturated/α-hetero) is 1. The van der Waals surface area contributed by atoms with E-state index in [0.29, 0.717) is 12.8 Å². The summed E-state index contributed by atoms with van der Waals surface area (Å²) in [6, 6.07) is 0. The molecule has 1 atom stereocenters. The second-order valence-electron chi connectivity index (χ2n) is 5.20. The molecule has 0 aromatic carbocycles. The molecule has 0 aromatic heterocycles. The average Bonchev–Trinajstić information content (AvgIpc) is 2.97. The molecule has 0 aromatic rings. The van der Waals surface area contributed by atoms with Gasteiger partial charge in [0.05, 0.1) is 3.92 Å². The Balaban J connectivity index is 2.31. The van der Waals surface area contributed by atoms with E-state index in [-0.39, 0.29) is 21.5 Å². The molecule has 5 heteroatoms. The van der Waals surface area contributed by atoms with E-state index in [1.54, 1.807) is 0 Å². The number of halogens is 1. The molecule has 4 nitrogen and oxygen atoms in total. The summed E-state index contributed by atoms with van der Waals surface area (Å²) < 4.78 is -0.123. The first kappa shape index (κ1) is 14.7. The summed E-state index contributed by atoms with van der Waals surface area (Å²) >= 11 is 2.15. The topological polar surface area (TPSA) is 54.5 Å². The molecule has 1 aliphatic heterocycles. The van der Waals surface area contributed by atoms with Crippen molar-refractivity contribution < 1.29 is 14.4 Å². The highest BCUT2D eigenvalue weighted by atomic mass is 127. The molecule has 0 radical (unpaired) electrons. The minimum absolute atomic E-state index is 0.0536. The maximum atomic E-state index is 12.8. The number of carbonyl (C=O) groups excluding carboxylic acids is 3. The molecule has 1 saturated carbocycles. The average molecular weight is 375 g/mol. The highest BCUT2D eigenvalue weighted by Crippen LogP contribution is 2.40. The Morgan fingerprint density at radius 3 is 2.32 bits per heavy atom. The van der Waals surface area contributed by atoms with Crippen molar-refractivity contribution in [1.82, 2.24) is 4.90 Å². The summed E-state index contributed by atoms with van der Waals surface area (Å²) in [5, 5.41) is 0. The van der Waals surface area contributed by atoms with E-state index < -0.39 is 5.54 Å². The zero-order valence-corrected chi connectivity index (χ0v) is 13.2. The van der Waals surface area contributed by atoms with Gasteiger partial charge in [0.15, 0.2) is 5.78 Å². The van der Waals surface area contributed by atoms with Crippen LogP contribution in [0.4, 0.5) is 0 Å². The van der Waals surface area contributed by atoms with E-state index in [4.69, 9.17) is 0 Å². The molecule has 2 amide bonds. The Labute approximate surface area is 126 Å². The molecule has 1 heterocycles.